The van der Waals surface area contributed by atoms with E-state index < -0.39 is 16.0 Å². The van der Waals surface area contributed by atoms with Crippen LogP contribution in [0.1, 0.15) is 72.5 Å². The molecule has 1 saturated heterocycles. The summed E-state index contributed by atoms with van der Waals surface area (Å²) in [5.74, 6) is 0.957. The van der Waals surface area contributed by atoms with Gasteiger partial charge in [0, 0.05) is 53.2 Å². The van der Waals surface area contributed by atoms with E-state index in [0.29, 0.717) is 54.0 Å². The Balaban J connectivity index is 1.17. The van der Waals surface area contributed by atoms with Crippen LogP contribution in [0.4, 0.5) is 5.69 Å². The van der Waals surface area contributed by atoms with E-state index in [0.717, 1.165) is 46.4 Å². The summed E-state index contributed by atoms with van der Waals surface area (Å²) in [6, 6.07) is 28.8. The highest BCUT2D eigenvalue weighted by molar-refractivity contribution is 7.89. The number of piperidine rings is 1. The average molecular weight is 746 g/mol. The van der Waals surface area contributed by atoms with Crippen LogP contribution in [0.2, 0.25) is 10.0 Å². The lowest BCUT2D eigenvalue weighted by molar-refractivity contribution is -0.140. The molecule has 1 aromatic heterocycles. The summed E-state index contributed by atoms with van der Waals surface area (Å²) in [4.78, 5) is 30.0. The molecule has 4 aromatic carbocycles. The molecule has 1 amide bonds. The van der Waals surface area contributed by atoms with Gasteiger partial charge >= 0.3 is 5.97 Å². The molecule has 2 heterocycles. The monoisotopic (exact) mass is 744 g/mol. The number of benzene rings is 4. The van der Waals surface area contributed by atoms with Crippen LogP contribution in [-0.4, -0.2) is 61.4 Å². The minimum atomic E-state index is -3.84. The Morgan fingerprint density at radius 1 is 0.902 bits per heavy atom. The van der Waals surface area contributed by atoms with Gasteiger partial charge in [-0.2, -0.15) is 4.31 Å². The maximum Gasteiger partial charge on any atom is 0.307 e. The smallest absolute Gasteiger partial charge is 0.307 e. The number of esters is 1. The molecule has 1 saturated carbocycles. The Kier molecular flexibility index (Phi) is 10.2. The zero-order valence-corrected chi connectivity index (χ0v) is 30.4. The number of carbonyl (C=O) groups excluding carboxylic acids is 2. The summed E-state index contributed by atoms with van der Waals surface area (Å²) in [5, 5.41) is 1.35. The SMILES string of the molecule is COC(=O)CCN(C=O)c1cccc(S(=O)(=O)N2CCC(n3c(C4CC4)nc4ccc(C(c5ccc(Cl)cc5)c5ccc(Cl)cc5)cc43)CC2)c1. The predicted octanol–water partition coefficient (Wildman–Crippen LogP) is 7.95. The van der Waals surface area contributed by atoms with Gasteiger partial charge in [-0.1, -0.05) is 59.6 Å². The number of amides is 1. The highest BCUT2D eigenvalue weighted by Gasteiger charge is 2.36. The molecule has 2 fully saturated rings. The summed E-state index contributed by atoms with van der Waals surface area (Å²) < 4.78 is 36.4. The van der Waals surface area contributed by atoms with Crippen LogP contribution in [0.5, 0.6) is 0 Å². The van der Waals surface area contributed by atoms with Gasteiger partial charge < -0.3 is 14.2 Å². The number of anilines is 1. The van der Waals surface area contributed by atoms with Gasteiger partial charge in [-0.05, 0) is 97.0 Å². The Bertz CT molecular complexity index is 2110. The van der Waals surface area contributed by atoms with Gasteiger partial charge in [-0.15, -0.1) is 0 Å². The summed E-state index contributed by atoms with van der Waals surface area (Å²) in [6.07, 6.45) is 4.03. The standard InChI is InChI=1S/C39H38Cl2N4O5S/c1-50-37(47)19-20-43(25-46)33-3-2-4-34(24-33)51(48,49)44-21-17-32(18-22-44)45-36-23-29(11-16-35(36)42-39(45)28-5-6-28)38(26-7-12-30(40)13-8-26)27-9-14-31(41)15-10-27/h2-4,7-16,23-25,28,32,38H,5-6,17-22H2,1H3. The second-order valence-electron chi connectivity index (χ2n) is 13.2. The molecule has 0 bridgehead atoms. The maximum atomic E-state index is 13.9. The number of ether oxygens (including phenoxy) is 1. The highest BCUT2D eigenvalue weighted by Crippen LogP contribution is 2.44. The summed E-state index contributed by atoms with van der Waals surface area (Å²) in [6.45, 7) is 0.770. The van der Waals surface area contributed by atoms with E-state index in [1.807, 2.05) is 24.3 Å². The van der Waals surface area contributed by atoms with Gasteiger partial charge in [-0.3, -0.25) is 9.59 Å². The van der Waals surface area contributed by atoms with Gasteiger partial charge in [-0.25, -0.2) is 13.4 Å². The maximum absolute atomic E-state index is 13.9. The van der Waals surface area contributed by atoms with Crippen LogP contribution in [0, 0.1) is 0 Å². The normalized spacial score (nSPS) is 15.7. The minimum absolute atomic E-state index is 0.00406. The molecule has 1 aliphatic heterocycles. The van der Waals surface area contributed by atoms with Crippen molar-refractivity contribution in [3.63, 3.8) is 0 Å². The molecule has 9 nitrogen and oxygen atoms in total. The fourth-order valence-corrected chi connectivity index (χ4v) is 8.84. The zero-order chi connectivity index (χ0) is 35.7. The largest absolute Gasteiger partial charge is 0.469 e. The Morgan fingerprint density at radius 2 is 1.53 bits per heavy atom. The molecule has 0 N–H and O–H groups in total. The molecule has 0 radical (unpaired) electrons. The third-order valence-corrected chi connectivity index (χ3v) is 12.3. The molecular weight excluding hydrogens is 707 g/mol. The van der Waals surface area contributed by atoms with Crippen molar-refractivity contribution in [1.82, 2.24) is 13.9 Å². The van der Waals surface area contributed by atoms with Crippen LogP contribution in [-0.2, 0) is 24.3 Å². The van der Waals surface area contributed by atoms with Crippen LogP contribution in [0.3, 0.4) is 0 Å². The van der Waals surface area contributed by atoms with Crippen molar-refractivity contribution in [3.8, 4) is 0 Å². The Morgan fingerprint density at radius 3 is 2.12 bits per heavy atom. The van der Waals surface area contributed by atoms with E-state index in [-0.39, 0.29) is 29.8 Å². The second kappa shape index (κ2) is 14.8. The van der Waals surface area contributed by atoms with Crippen LogP contribution < -0.4 is 4.90 Å². The van der Waals surface area contributed by atoms with Gasteiger partial charge in [0.25, 0.3) is 0 Å². The number of methoxy groups -OCH3 is 1. The summed E-state index contributed by atoms with van der Waals surface area (Å²) in [7, 11) is -2.56. The number of nitrogens with zero attached hydrogens (tertiary/aromatic N) is 4. The molecule has 0 atom stereocenters. The topological polar surface area (TPSA) is 102 Å². The molecule has 51 heavy (non-hydrogen) atoms. The van der Waals surface area contributed by atoms with E-state index in [2.05, 4.69) is 51.8 Å². The number of imidazole rings is 1. The molecule has 0 spiro atoms. The first-order valence-electron chi connectivity index (χ1n) is 17.1. The predicted molar refractivity (Wildman–Crippen MR) is 199 cm³/mol. The highest BCUT2D eigenvalue weighted by atomic mass is 35.5. The molecule has 12 heteroatoms. The summed E-state index contributed by atoms with van der Waals surface area (Å²) in [5.41, 5.74) is 5.72. The van der Waals surface area contributed by atoms with E-state index in [9.17, 15) is 18.0 Å². The van der Waals surface area contributed by atoms with Crippen LogP contribution >= 0.6 is 23.2 Å². The molecule has 5 aromatic rings. The van der Waals surface area contributed by atoms with E-state index in [1.165, 1.54) is 22.4 Å². The zero-order valence-electron chi connectivity index (χ0n) is 28.1. The van der Waals surface area contributed by atoms with Crippen molar-refractivity contribution in [2.24, 2.45) is 0 Å². The fraction of sp³-hybridized carbons (Fsp3) is 0.308. The molecule has 1 aliphatic carbocycles. The Hall–Kier alpha value is -4.22. The van der Waals surface area contributed by atoms with Gasteiger partial charge in [0.15, 0.2) is 0 Å². The van der Waals surface area contributed by atoms with Crippen LogP contribution in [0.15, 0.2) is 95.9 Å². The third kappa shape index (κ3) is 7.42. The molecule has 2 aliphatic rings. The van der Waals surface area contributed by atoms with Crippen molar-refractivity contribution in [1.29, 1.82) is 0 Å². The third-order valence-electron chi connectivity index (χ3n) is 9.91. The van der Waals surface area contributed by atoms with Crippen molar-refractivity contribution < 1.29 is 22.7 Å². The second-order valence-corrected chi connectivity index (χ2v) is 16.0. The lowest BCUT2D eigenvalue weighted by Crippen LogP contribution is -2.39. The lowest BCUT2D eigenvalue weighted by atomic mass is 9.85. The lowest BCUT2D eigenvalue weighted by Gasteiger charge is -2.33. The molecule has 0 unspecified atom stereocenters. The summed E-state index contributed by atoms with van der Waals surface area (Å²) >= 11 is 12.6. The molecular formula is C39H38Cl2N4O5S. The number of hydrogen-bond acceptors (Lipinski definition) is 6. The molecule has 7 rings (SSSR count). The number of sulfonamides is 1. The van der Waals surface area contributed by atoms with Gasteiger partial charge in [0.2, 0.25) is 16.4 Å². The van der Waals surface area contributed by atoms with Gasteiger partial charge in [0.05, 0.1) is 29.5 Å². The number of fused-ring (bicyclic) bond motifs is 1. The molecule has 264 valence electrons. The fourth-order valence-electron chi connectivity index (χ4n) is 7.08. The Labute approximate surface area is 307 Å². The average Bonchev–Trinajstić information content (AvgIpc) is 3.93. The van der Waals surface area contributed by atoms with E-state index in [4.69, 9.17) is 28.2 Å². The van der Waals surface area contributed by atoms with Crippen molar-refractivity contribution >= 4 is 62.3 Å². The first kappa shape index (κ1) is 35.2. The number of carbonyl (C=O) groups is 2. The first-order valence-corrected chi connectivity index (χ1v) is 19.3. The van der Waals surface area contributed by atoms with Crippen LogP contribution in [0.25, 0.3) is 11.0 Å². The quantitative estimate of drug-likeness (QED) is 0.0730. The minimum Gasteiger partial charge on any atom is -0.469 e. The van der Waals surface area contributed by atoms with E-state index in [1.54, 1.807) is 18.2 Å². The van der Waals surface area contributed by atoms with Crippen molar-refractivity contribution in [2.45, 2.75) is 54.9 Å². The van der Waals surface area contributed by atoms with Gasteiger partial charge in [0.1, 0.15) is 5.82 Å². The number of halogens is 2. The number of hydrogen-bond donors (Lipinski definition) is 0. The van der Waals surface area contributed by atoms with Crippen molar-refractivity contribution in [3.05, 3.63) is 124 Å². The van der Waals surface area contributed by atoms with E-state index >= 15 is 0 Å². The van der Waals surface area contributed by atoms with Crippen molar-refractivity contribution in [2.75, 3.05) is 31.6 Å². The number of aromatic nitrogens is 2. The first-order chi connectivity index (χ1) is 24.7. The number of rotatable bonds is 12.